The van der Waals surface area contributed by atoms with Crippen LogP contribution in [0.1, 0.15) is 0 Å². The van der Waals surface area contributed by atoms with Crippen LogP contribution in [0.15, 0.2) is 46.9 Å². The van der Waals surface area contributed by atoms with Crippen molar-refractivity contribution >= 4 is 16.8 Å². The van der Waals surface area contributed by atoms with Crippen LogP contribution in [0.4, 0.5) is 5.69 Å². The van der Waals surface area contributed by atoms with Gasteiger partial charge in [-0.2, -0.15) is 0 Å². The van der Waals surface area contributed by atoms with E-state index in [4.69, 9.17) is 14.9 Å². The van der Waals surface area contributed by atoms with Crippen LogP contribution < -0.4 is 10.5 Å². The van der Waals surface area contributed by atoms with Gasteiger partial charge in [0.2, 0.25) is 5.89 Å². The van der Waals surface area contributed by atoms with Crippen molar-refractivity contribution < 1.29 is 9.15 Å². The number of methoxy groups -OCH3 is 1. The Morgan fingerprint density at radius 1 is 1.17 bits per heavy atom. The largest absolute Gasteiger partial charge is 0.497 e. The minimum Gasteiger partial charge on any atom is -0.497 e. The Morgan fingerprint density at radius 3 is 2.72 bits per heavy atom. The van der Waals surface area contributed by atoms with Crippen LogP contribution in [-0.4, -0.2) is 12.1 Å². The summed E-state index contributed by atoms with van der Waals surface area (Å²) < 4.78 is 10.8. The SMILES string of the molecule is COc1ccc(-c2nc3ccccc3o2)c(N)c1. The Morgan fingerprint density at radius 2 is 2.00 bits per heavy atom. The van der Waals surface area contributed by atoms with Crippen LogP contribution in [0, 0.1) is 0 Å². The van der Waals surface area contributed by atoms with E-state index in [1.807, 2.05) is 36.4 Å². The number of ether oxygens (including phenoxy) is 1. The summed E-state index contributed by atoms with van der Waals surface area (Å²) in [5.74, 6) is 1.24. The smallest absolute Gasteiger partial charge is 0.229 e. The van der Waals surface area contributed by atoms with Crippen LogP contribution in [0.2, 0.25) is 0 Å². The van der Waals surface area contributed by atoms with Gasteiger partial charge in [-0.05, 0) is 24.3 Å². The summed E-state index contributed by atoms with van der Waals surface area (Å²) in [6.07, 6.45) is 0. The van der Waals surface area contributed by atoms with Crippen LogP contribution >= 0.6 is 0 Å². The number of hydrogen-bond donors (Lipinski definition) is 1. The third kappa shape index (κ3) is 1.68. The van der Waals surface area contributed by atoms with E-state index < -0.39 is 0 Å². The quantitative estimate of drug-likeness (QED) is 0.699. The van der Waals surface area contributed by atoms with E-state index >= 15 is 0 Å². The molecule has 0 amide bonds. The van der Waals surface area contributed by atoms with Gasteiger partial charge in [0.25, 0.3) is 0 Å². The second kappa shape index (κ2) is 4.07. The average Bonchev–Trinajstić information content (AvgIpc) is 2.81. The van der Waals surface area contributed by atoms with E-state index in [-0.39, 0.29) is 0 Å². The monoisotopic (exact) mass is 240 g/mol. The van der Waals surface area contributed by atoms with Crippen LogP contribution in [-0.2, 0) is 0 Å². The first kappa shape index (κ1) is 10.7. The standard InChI is InChI=1S/C14H12N2O2/c1-17-9-6-7-10(11(15)8-9)14-16-12-4-2-3-5-13(12)18-14/h2-8H,15H2,1H3. The second-order valence-corrected chi connectivity index (χ2v) is 3.94. The predicted octanol–water partition coefficient (Wildman–Crippen LogP) is 3.09. The highest BCUT2D eigenvalue weighted by molar-refractivity contribution is 5.79. The number of nitrogens with two attached hydrogens (primary N) is 1. The summed E-state index contributed by atoms with van der Waals surface area (Å²) in [6.45, 7) is 0. The van der Waals surface area contributed by atoms with Crippen molar-refractivity contribution in [2.24, 2.45) is 0 Å². The van der Waals surface area contributed by atoms with Crippen molar-refractivity contribution in [1.29, 1.82) is 0 Å². The van der Waals surface area contributed by atoms with Gasteiger partial charge in [0.15, 0.2) is 5.58 Å². The molecule has 0 aliphatic rings. The Labute approximate surface area is 104 Å². The van der Waals surface area contributed by atoms with Crippen molar-refractivity contribution in [1.82, 2.24) is 4.98 Å². The zero-order chi connectivity index (χ0) is 12.5. The van der Waals surface area contributed by atoms with Gasteiger partial charge >= 0.3 is 0 Å². The first-order valence-electron chi connectivity index (χ1n) is 5.57. The molecule has 3 rings (SSSR count). The topological polar surface area (TPSA) is 61.3 Å². The lowest BCUT2D eigenvalue weighted by atomic mass is 10.1. The molecule has 0 saturated heterocycles. The average molecular weight is 240 g/mol. The fourth-order valence-corrected chi connectivity index (χ4v) is 1.85. The highest BCUT2D eigenvalue weighted by atomic mass is 16.5. The van der Waals surface area contributed by atoms with E-state index in [9.17, 15) is 0 Å². The molecule has 0 unspecified atom stereocenters. The number of fused-ring (bicyclic) bond motifs is 1. The molecule has 90 valence electrons. The normalized spacial score (nSPS) is 10.7. The molecule has 0 spiro atoms. The van der Waals surface area contributed by atoms with Gasteiger partial charge in [0.1, 0.15) is 11.3 Å². The molecular weight excluding hydrogens is 228 g/mol. The third-order valence-electron chi connectivity index (χ3n) is 2.78. The molecule has 0 fully saturated rings. The number of hydrogen-bond acceptors (Lipinski definition) is 4. The summed E-state index contributed by atoms with van der Waals surface area (Å²) in [4.78, 5) is 4.41. The molecule has 4 heteroatoms. The lowest BCUT2D eigenvalue weighted by molar-refractivity contribution is 0.415. The number of para-hydroxylation sites is 2. The number of anilines is 1. The van der Waals surface area contributed by atoms with Crippen molar-refractivity contribution in [2.75, 3.05) is 12.8 Å². The molecule has 4 nitrogen and oxygen atoms in total. The zero-order valence-corrected chi connectivity index (χ0v) is 9.88. The van der Waals surface area contributed by atoms with Crippen LogP contribution in [0.5, 0.6) is 5.75 Å². The molecular formula is C14H12N2O2. The first-order valence-corrected chi connectivity index (χ1v) is 5.57. The number of benzene rings is 2. The maximum absolute atomic E-state index is 5.97. The fourth-order valence-electron chi connectivity index (χ4n) is 1.85. The van der Waals surface area contributed by atoms with Gasteiger partial charge < -0.3 is 14.9 Å². The van der Waals surface area contributed by atoms with Gasteiger partial charge in [0.05, 0.1) is 12.7 Å². The Kier molecular flexibility index (Phi) is 2.41. The van der Waals surface area contributed by atoms with Crippen molar-refractivity contribution in [3.8, 4) is 17.2 Å². The van der Waals surface area contributed by atoms with Gasteiger partial charge in [0, 0.05) is 11.8 Å². The molecule has 2 N–H and O–H groups in total. The number of oxazole rings is 1. The lowest BCUT2D eigenvalue weighted by Crippen LogP contribution is -1.92. The number of rotatable bonds is 2. The fraction of sp³-hybridized carbons (Fsp3) is 0.0714. The highest BCUT2D eigenvalue weighted by Gasteiger charge is 2.11. The van der Waals surface area contributed by atoms with E-state index in [2.05, 4.69) is 4.98 Å². The molecule has 0 atom stereocenters. The minimum absolute atomic E-state index is 0.524. The first-order chi connectivity index (χ1) is 8.78. The van der Waals surface area contributed by atoms with Gasteiger partial charge in [-0.25, -0.2) is 4.98 Å². The Balaban J connectivity index is 2.14. The maximum Gasteiger partial charge on any atom is 0.229 e. The van der Waals surface area contributed by atoms with Crippen molar-refractivity contribution in [3.63, 3.8) is 0 Å². The molecule has 0 saturated carbocycles. The molecule has 0 radical (unpaired) electrons. The molecule has 1 heterocycles. The molecule has 3 aromatic rings. The number of nitrogen functional groups attached to an aromatic ring is 1. The third-order valence-corrected chi connectivity index (χ3v) is 2.78. The Hall–Kier alpha value is -2.49. The highest BCUT2D eigenvalue weighted by Crippen LogP contribution is 2.30. The van der Waals surface area contributed by atoms with Gasteiger partial charge in [-0.1, -0.05) is 12.1 Å². The summed E-state index contributed by atoms with van der Waals surface area (Å²) >= 11 is 0. The number of nitrogens with zero attached hydrogens (tertiary/aromatic N) is 1. The van der Waals surface area contributed by atoms with E-state index in [0.29, 0.717) is 17.3 Å². The molecule has 0 bridgehead atoms. The van der Waals surface area contributed by atoms with Crippen molar-refractivity contribution in [2.45, 2.75) is 0 Å². The summed E-state index contributed by atoms with van der Waals surface area (Å²) in [5.41, 5.74) is 8.90. The minimum atomic E-state index is 0.524. The van der Waals surface area contributed by atoms with Gasteiger partial charge in [-0.3, -0.25) is 0 Å². The van der Waals surface area contributed by atoms with E-state index in [0.717, 1.165) is 16.7 Å². The summed E-state index contributed by atoms with van der Waals surface area (Å²) in [7, 11) is 1.61. The van der Waals surface area contributed by atoms with Crippen LogP contribution in [0.25, 0.3) is 22.6 Å². The second-order valence-electron chi connectivity index (χ2n) is 3.94. The molecule has 18 heavy (non-hydrogen) atoms. The summed E-state index contributed by atoms with van der Waals surface area (Å²) in [6, 6.07) is 13.1. The Bertz CT molecular complexity index is 671. The van der Waals surface area contributed by atoms with Gasteiger partial charge in [-0.15, -0.1) is 0 Å². The number of aromatic nitrogens is 1. The predicted molar refractivity (Wildman–Crippen MR) is 70.4 cm³/mol. The molecule has 0 aliphatic carbocycles. The van der Waals surface area contributed by atoms with Crippen LogP contribution in [0.3, 0.4) is 0 Å². The van der Waals surface area contributed by atoms with E-state index in [1.54, 1.807) is 13.2 Å². The summed E-state index contributed by atoms with van der Waals surface area (Å²) in [5, 5.41) is 0. The van der Waals surface area contributed by atoms with E-state index in [1.165, 1.54) is 0 Å². The lowest BCUT2D eigenvalue weighted by Gasteiger charge is -2.04. The zero-order valence-electron chi connectivity index (χ0n) is 9.88. The molecule has 2 aromatic carbocycles. The maximum atomic E-state index is 5.97. The molecule has 1 aromatic heterocycles. The molecule has 0 aliphatic heterocycles. The van der Waals surface area contributed by atoms with Crippen molar-refractivity contribution in [3.05, 3.63) is 42.5 Å².